The standard InChI is InChI=1S/C60H41N7/c1-7-21-40(22-8-1)44-37-45(58-62-56(41-23-9-2-10-24-41)61-57(63-58)42-25-11-3-12-26-42)39-48(38-44)65-52-34-20-19-33-49(52)50-35-36-51-54(53(50)65)66(46-29-15-5-16-30-46)60-55(51)67(47-31-17-6-18-32-47)59(64-60)43-27-13-4-14-28-43/h1-39,56H,(H,61,62,63). The van der Waals surface area contributed by atoms with Crippen LogP contribution in [-0.4, -0.2) is 30.4 Å². The van der Waals surface area contributed by atoms with Gasteiger partial charge in [0.25, 0.3) is 0 Å². The lowest BCUT2D eigenvalue weighted by Crippen LogP contribution is -2.33. The summed E-state index contributed by atoms with van der Waals surface area (Å²) in [5.74, 6) is 2.32. The molecule has 316 valence electrons. The molecule has 4 heterocycles. The van der Waals surface area contributed by atoms with Crippen molar-refractivity contribution in [3.05, 3.63) is 253 Å². The molecule has 13 rings (SSSR count). The van der Waals surface area contributed by atoms with Crippen LogP contribution in [0.1, 0.15) is 22.9 Å². The number of nitrogens with one attached hydrogen (secondary N) is 1. The zero-order valence-electron chi connectivity index (χ0n) is 36.3. The predicted octanol–water partition coefficient (Wildman–Crippen LogP) is 13.9. The summed E-state index contributed by atoms with van der Waals surface area (Å²) in [7, 11) is 0. The molecule has 0 spiro atoms. The summed E-state index contributed by atoms with van der Waals surface area (Å²) in [6.07, 6.45) is -0.342. The highest BCUT2D eigenvalue weighted by Crippen LogP contribution is 2.44. The second-order valence-corrected chi connectivity index (χ2v) is 16.9. The summed E-state index contributed by atoms with van der Waals surface area (Å²) in [5, 5.41) is 7.18. The molecule has 1 unspecified atom stereocenters. The van der Waals surface area contributed by atoms with Crippen molar-refractivity contribution in [2.24, 2.45) is 9.98 Å². The average Bonchev–Trinajstić information content (AvgIpc) is 4.07. The number of aliphatic imine (C=N–C) groups is 2. The van der Waals surface area contributed by atoms with Crippen LogP contribution in [0.4, 0.5) is 0 Å². The van der Waals surface area contributed by atoms with Crippen molar-refractivity contribution in [3.63, 3.8) is 0 Å². The SMILES string of the molecule is c1ccc(C2=NC(c3ccccc3)NC(c3cc(-c4ccccc4)cc(-n4c5ccccc5c5ccc6c7c(nc(-c8ccccc8)n7-c7ccccc7)n(-c7ccccc7)c6c54)c3)=N2)cc1. The van der Waals surface area contributed by atoms with Crippen LogP contribution in [0.5, 0.6) is 0 Å². The van der Waals surface area contributed by atoms with E-state index in [4.69, 9.17) is 15.0 Å². The van der Waals surface area contributed by atoms with Gasteiger partial charge in [0.1, 0.15) is 23.3 Å². The van der Waals surface area contributed by atoms with Crippen LogP contribution in [-0.2, 0) is 0 Å². The highest BCUT2D eigenvalue weighted by molar-refractivity contribution is 6.23. The Hall–Kier alpha value is -9.07. The molecule has 7 nitrogen and oxygen atoms in total. The molecular formula is C60H41N7. The summed E-state index contributed by atoms with van der Waals surface area (Å²) < 4.78 is 7.16. The molecule has 1 atom stereocenters. The molecule has 67 heavy (non-hydrogen) atoms. The molecule has 12 aromatic rings. The maximum absolute atomic E-state index is 5.61. The van der Waals surface area contributed by atoms with Gasteiger partial charge in [-0.3, -0.25) is 9.13 Å². The Morgan fingerprint density at radius 1 is 0.373 bits per heavy atom. The molecule has 0 bridgehead atoms. The number of hydrogen-bond acceptors (Lipinski definition) is 4. The lowest BCUT2D eigenvalue weighted by Gasteiger charge is -2.24. The topological polar surface area (TPSA) is 64.4 Å². The molecule has 1 N–H and O–H groups in total. The van der Waals surface area contributed by atoms with Crippen molar-refractivity contribution in [1.82, 2.24) is 24.0 Å². The van der Waals surface area contributed by atoms with Crippen molar-refractivity contribution < 1.29 is 0 Å². The van der Waals surface area contributed by atoms with E-state index in [-0.39, 0.29) is 6.17 Å². The van der Waals surface area contributed by atoms with Crippen LogP contribution >= 0.6 is 0 Å². The van der Waals surface area contributed by atoms with Crippen molar-refractivity contribution >= 4 is 55.5 Å². The molecule has 1 aliphatic rings. The van der Waals surface area contributed by atoms with Gasteiger partial charge < -0.3 is 9.88 Å². The van der Waals surface area contributed by atoms with Crippen molar-refractivity contribution in [3.8, 4) is 39.6 Å². The van der Waals surface area contributed by atoms with Crippen LogP contribution < -0.4 is 5.32 Å². The van der Waals surface area contributed by atoms with E-state index in [1.54, 1.807) is 0 Å². The number of amidine groups is 2. The molecule has 1 aliphatic heterocycles. The maximum Gasteiger partial charge on any atom is 0.165 e. The Labute approximate surface area is 386 Å². The number of benzene rings is 9. The van der Waals surface area contributed by atoms with Crippen LogP contribution in [0.25, 0.3) is 83.4 Å². The maximum atomic E-state index is 5.61. The second-order valence-electron chi connectivity index (χ2n) is 16.9. The van der Waals surface area contributed by atoms with Crippen molar-refractivity contribution in [1.29, 1.82) is 0 Å². The van der Waals surface area contributed by atoms with Gasteiger partial charge in [0.15, 0.2) is 11.5 Å². The second kappa shape index (κ2) is 15.9. The number of nitrogens with zero attached hydrogens (tertiary/aromatic N) is 6. The summed E-state index contributed by atoms with van der Waals surface area (Å²) >= 11 is 0. The van der Waals surface area contributed by atoms with Gasteiger partial charge in [-0.1, -0.05) is 182 Å². The number of para-hydroxylation sites is 3. The third kappa shape index (κ3) is 6.47. The van der Waals surface area contributed by atoms with E-state index in [0.717, 1.165) is 106 Å². The predicted molar refractivity (Wildman–Crippen MR) is 275 cm³/mol. The number of rotatable bonds is 8. The first-order valence-corrected chi connectivity index (χ1v) is 22.7. The molecule has 0 saturated heterocycles. The summed E-state index contributed by atoms with van der Waals surface area (Å²) in [4.78, 5) is 16.1. The van der Waals surface area contributed by atoms with E-state index in [1.165, 1.54) is 0 Å². The molecule has 0 amide bonds. The van der Waals surface area contributed by atoms with Crippen LogP contribution in [0, 0.1) is 0 Å². The molecular weight excluding hydrogens is 819 g/mol. The lowest BCUT2D eigenvalue weighted by molar-refractivity contribution is 0.674. The first kappa shape index (κ1) is 38.4. The summed E-state index contributed by atoms with van der Waals surface area (Å²) in [6, 6.07) is 83.3. The van der Waals surface area contributed by atoms with Gasteiger partial charge in [-0.25, -0.2) is 15.0 Å². The minimum absolute atomic E-state index is 0.342. The zero-order chi connectivity index (χ0) is 44.3. The number of hydrogen-bond donors (Lipinski definition) is 1. The highest BCUT2D eigenvalue weighted by atomic mass is 15.2. The Balaban J connectivity index is 1.14. The molecule has 0 aliphatic carbocycles. The minimum Gasteiger partial charge on any atom is -0.344 e. The van der Waals surface area contributed by atoms with Gasteiger partial charge in [-0.05, 0) is 71.3 Å². The lowest BCUT2D eigenvalue weighted by atomic mass is 10.0. The third-order valence-corrected chi connectivity index (χ3v) is 12.9. The Bertz CT molecular complexity index is 3850. The highest BCUT2D eigenvalue weighted by Gasteiger charge is 2.28. The van der Waals surface area contributed by atoms with Gasteiger partial charge in [0.2, 0.25) is 0 Å². The number of aromatic nitrogens is 4. The fourth-order valence-corrected chi connectivity index (χ4v) is 9.87. The molecule has 0 saturated carbocycles. The van der Waals surface area contributed by atoms with Crippen LogP contribution in [0.2, 0.25) is 0 Å². The van der Waals surface area contributed by atoms with E-state index < -0.39 is 0 Å². The molecule has 3 aromatic heterocycles. The fourth-order valence-electron chi connectivity index (χ4n) is 9.87. The number of fused-ring (bicyclic) bond motifs is 7. The van der Waals surface area contributed by atoms with Gasteiger partial charge in [-0.15, -0.1) is 0 Å². The van der Waals surface area contributed by atoms with E-state index in [1.807, 2.05) is 24.3 Å². The van der Waals surface area contributed by atoms with Crippen LogP contribution in [0.15, 0.2) is 247 Å². The Morgan fingerprint density at radius 2 is 0.910 bits per heavy atom. The van der Waals surface area contributed by atoms with Gasteiger partial charge in [0, 0.05) is 49.9 Å². The molecule has 0 fully saturated rings. The minimum atomic E-state index is -0.342. The van der Waals surface area contributed by atoms with Gasteiger partial charge in [-0.2, -0.15) is 0 Å². The van der Waals surface area contributed by atoms with Gasteiger partial charge >= 0.3 is 0 Å². The summed E-state index contributed by atoms with van der Waals surface area (Å²) in [5.41, 5.74) is 14.5. The quantitative estimate of drug-likeness (QED) is 0.165. The average molecular weight is 860 g/mol. The van der Waals surface area contributed by atoms with Crippen molar-refractivity contribution in [2.75, 3.05) is 0 Å². The fraction of sp³-hybridized carbons (Fsp3) is 0.0167. The van der Waals surface area contributed by atoms with E-state index >= 15 is 0 Å². The monoisotopic (exact) mass is 859 g/mol. The largest absolute Gasteiger partial charge is 0.344 e. The van der Waals surface area contributed by atoms with E-state index in [0.29, 0.717) is 5.84 Å². The summed E-state index contributed by atoms with van der Waals surface area (Å²) in [6.45, 7) is 0. The Morgan fingerprint density at radius 3 is 1.60 bits per heavy atom. The zero-order valence-corrected chi connectivity index (χ0v) is 36.3. The molecule has 9 aromatic carbocycles. The van der Waals surface area contributed by atoms with Crippen molar-refractivity contribution in [2.45, 2.75) is 6.17 Å². The molecule has 0 radical (unpaired) electrons. The first-order valence-electron chi connectivity index (χ1n) is 22.7. The Kier molecular flexibility index (Phi) is 9.09. The number of imidazole rings is 1. The first-order chi connectivity index (χ1) is 33.2. The van der Waals surface area contributed by atoms with E-state index in [2.05, 4.69) is 231 Å². The van der Waals surface area contributed by atoms with Gasteiger partial charge in [0.05, 0.1) is 16.6 Å². The molecule has 7 heteroatoms. The third-order valence-electron chi connectivity index (χ3n) is 12.9. The normalized spacial score (nSPS) is 13.8. The smallest absolute Gasteiger partial charge is 0.165 e. The van der Waals surface area contributed by atoms with E-state index in [9.17, 15) is 0 Å². The van der Waals surface area contributed by atoms with Crippen LogP contribution in [0.3, 0.4) is 0 Å².